The minimum absolute atomic E-state index is 0.0803. The zero-order valence-corrected chi connectivity index (χ0v) is 19.8. The molecule has 174 valence electrons. The van der Waals surface area contributed by atoms with Crippen molar-refractivity contribution in [3.63, 3.8) is 0 Å². The van der Waals surface area contributed by atoms with Gasteiger partial charge in [0.15, 0.2) is 0 Å². The molecule has 0 radical (unpaired) electrons. The number of halogens is 1. The van der Waals surface area contributed by atoms with E-state index in [2.05, 4.69) is 29.2 Å². The number of rotatable bonds is 6. The van der Waals surface area contributed by atoms with Crippen molar-refractivity contribution in [1.29, 1.82) is 0 Å². The smallest absolute Gasteiger partial charge is 0.258 e. The molecule has 2 atom stereocenters. The lowest BCUT2D eigenvalue weighted by Crippen LogP contribution is -2.32. The van der Waals surface area contributed by atoms with E-state index in [1.807, 2.05) is 36.5 Å². The van der Waals surface area contributed by atoms with Crippen LogP contribution in [-0.4, -0.2) is 28.1 Å². The number of hydrogen-bond donors (Lipinski definition) is 1. The fourth-order valence-corrected chi connectivity index (χ4v) is 5.49. The normalized spacial score (nSPS) is 23.2. The van der Waals surface area contributed by atoms with Crippen molar-refractivity contribution in [2.24, 2.45) is 11.7 Å². The second-order valence-electron chi connectivity index (χ2n) is 9.96. The van der Waals surface area contributed by atoms with Crippen LogP contribution in [0.2, 0.25) is 5.02 Å². The molecule has 2 heterocycles. The first-order valence-electron chi connectivity index (χ1n) is 11.9. The van der Waals surface area contributed by atoms with Crippen molar-refractivity contribution >= 4 is 23.4 Å². The van der Waals surface area contributed by atoms with Crippen LogP contribution in [0.4, 0.5) is 0 Å². The van der Waals surface area contributed by atoms with Crippen molar-refractivity contribution in [3.05, 3.63) is 98.4 Å². The molecule has 2 fully saturated rings. The molecular weight excluding hydrogens is 446 g/mol. The van der Waals surface area contributed by atoms with Gasteiger partial charge in [0.25, 0.3) is 5.56 Å². The molecule has 2 aliphatic carbocycles. The van der Waals surface area contributed by atoms with Crippen LogP contribution >= 0.6 is 11.6 Å². The number of pyridine rings is 1. The summed E-state index contributed by atoms with van der Waals surface area (Å²) < 4.78 is 7.53. The maximum Gasteiger partial charge on any atom is 0.258 e. The summed E-state index contributed by atoms with van der Waals surface area (Å²) in [6.45, 7) is 3.50. The van der Waals surface area contributed by atoms with Crippen LogP contribution in [0.1, 0.15) is 35.1 Å². The van der Waals surface area contributed by atoms with Crippen LogP contribution in [0.3, 0.4) is 0 Å². The first-order valence-corrected chi connectivity index (χ1v) is 12.3. The highest BCUT2D eigenvalue weighted by Gasteiger charge is 2.56. The number of piperidine rings is 1. The van der Waals surface area contributed by atoms with E-state index in [4.69, 9.17) is 22.1 Å². The molecule has 1 aliphatic heterocycles. The Balaban J connectivity index is 1.14. The first-order chi connectivity index (χ1) is 16.4. The summed E-state index contributed by atoms with van der Waals surface area (Å²) >= 11 is 5.93. The van der Waals surface area contributed by atoms with E-state index < -0.39 is 0 Å². The molecule has 3 aromatic rings. The molecule has 1 saturated heterocycles. The predicted molar refractivity (Wildman–Crippen MR) is 136 cm³/mol. The Bertz CT molecular complexity index is 1330. The van der Waals surface area contributed by atoms with Gasteiger partial charge in [0.2, 0.25) is 0 Å². The lowest BCUT2D eigenvalue weighted by atomic mass is 9.93. The van der Waals surface area contributed by atoms with Gasteiger partial charge in [-0.15, -0.1) is 0 Å². The molecule has 0 spiro atoms. The van der Waals surface area contributed by atoms with Gasteiger partial charge < -0.3 is 10.5 Å². The molecule has 2 aromatic carbocycles. The molecule has 0 amide bonds. The van der Waals surface area contributed by atoms with Crippen LogP contribution in [-0.2, 0) is 19.6 Å². The van der Waals surface area contributed by atoms with Crippen LogP contribution in [0.25, 0.3) is 11.8 Å². The SMILES string of the molecule is NC12CC1CN(Cc1ccc3c(c1)CCC(n1ccc(OCc4ccc(Cl)cc4)cc1=O)=C3)C2. The minimum Gasteiger partial charge on any atom is -0.489 e. The monoisotopic (exact) mass is 473 g/mol. The van der Waals surface area contributed by atoms with Gasteiger partial charge in [-0.3, -0.25) is 14.3 Å². The molecule has 2 N–H and O–H groups in total. The molecular formula is C28H28ClN3O2. The standard InChI is InChI=1S/C28H28ClN3O2/c29-24-6-2-19(3-7-24)17-34-26-9-10-32(27(33)13-26)25-8-5-21-11-20(1-4-22(21)12-25)15-31-16-23-14-28(23,30)18-31/h1-4,6-7,9-13,23H,5,8,14-18,30H2. The number of benzene rings is 2. The lowest BCUT2D eigenvalue weighted by Gasteiger charge is -2.22. The number of allylic oxidation sites excluding steroid dienone is 1. The summed E-state index contributed by atoms with van der Waals surface area (Å²) in [7, 11) is 0. The quantitative estimate of drug-likeness (QED) is 0.570. The van der Waals surface area contributed by atoms with Crippen LogP contribution in [0.5, 0.6) is 5.75 Å². The number of hydrogen-bond acceptors (Lipinski definition) is 4. The van der Waals surface area contributed by atoms with Gasteiger partial charge in [0, 0.05) is 48.2 Å². The summed E-state index contributed by atoms with van der Waals surface area (Å²) in [5.41, 5.74) is 12.3. The third kappa shape index (κ3) is 4.31. The van der Waals surface area contributed by atoms with Crippen molar-refractivity contribution < 1.29 is 4.74 Å². The third-order valence-corrected chi connectivity index (χ3v) is 7.63. The van der Waals surface area contributed by atoms with Gasteiger partial charge in [-0.2, -0.15) is 0 Å². The van der Waals surface area contributed by atoms with Gasteiger partial charge in [0.1, 0.15) is 12.4 Å². The van der Waals surface area contributed by atoms with E-state index >= 15 is 0 Å². The Hall–Kier alpha value is -2.86. The molecule has 6 rings (SSSR count). The van der Waals surface area contributed by atoms with Crippen LogP contribution in [0.15, 0.2) is 65.6 Å². The minimum atomic E-state index is -0.0803. The highest BCUT2D eigenvalue weighted by molar-refractivity contribution is 6.30. The van der Waals surface area contributed by atoms with E-state index in [0.717, 1.165) is 43.7 Å². The number of fused-ring (bicyclic) bond motifs is 2. The summed E-state index contributed by atoms with van der Waals surface area (Å²) in [5.74, 6) is 1.26. The van der Waals surface area contributed by atoms with Crippen molar-refractivity contribution in [1.82, 2.24) is 9.47 Å². The molecule has 6 heteroatoms. The van der Waals surface area contributed by atoms with E-state index in [-0.39, 0.29) is 11.1 Å². The van der Waals surface area contributed by atoms with Crippen LogP contribution < -0.4 is 16.0 Å². The zero-order valence-electron chi connectivity index (χ0n) is 19.0. The number of nitrogens with two attached hydrogens (primary N) is 1. The molecule has 5 nitrogen and oxygen atoms in total. The Kier molecular flexibility index (Phi) is 5.36. The molecule has 2 unspecified atom stereocenters. The van der Waals surface area contributed by atoms with Gasteiger partial charge in [-0.25, -0.2) is 0 Å². The van der Waals surface area contributed by atoms with Crippen molar-refractivity contribution in [2.75, 3.05) is 13.1 Å². The maximum atomic E-state index is 12.8. The summed E-state index contributed by atoms with van der Waals surface area (Å²) in [6.07, 6.45) is 6.90. The average Bonchev–Trinajstić information content (AvgIpc) is 3.35. The van der Waals surface area contributed by atoms with Gasteiger partial charge >= 0.3 is 0 Å². The second kappa shape index (κ2) is 8.42. The van der Waals surface area contributed by atoms with Crippen LogP contribution in [0, 0.1) is 5.92 Å². The number of ether oxygens (including phenoxy) is 1. The summed E-state index contributed by atoms with van der Waals surface area (Å²) in [4.78, 5) is 15.3. The molecule has 3 aliphatic rings. The number of aromatic nitrogens is 1. The van der Waals surface area contributed by atoms with Gasteiger partial charge in [0.05, 0.1) is 0 Å². The molecule has 1 saturated carbocycles. The Labute approximate surface area is 204 Å². The van der Waals surface area contributed by atoms with E-state index in [9.17, 15) is 4.79 Å². The Morgan fingerprint density at radius 1 is 1.06 bits per heavy atom. The van der Waals surface area contributed by atoms with E-state index in [0.29, 0.717) is 23.3 Å². The van der Waals surface area contributed by atoms with Gasteiger partial charge in [-0.05, 0) is 71.7 Å². The average molecular weight is 474 g/mol. The number of likely N-dealkylation sites (tertiary alicyclic amines) is 1. The van der Waals surface area contributed by atoms with E-state index in [1.165, 1.54) is 23.1 Å². The Morgan fingerprint density at radius 2 is 1.88 bits per heavy atom. The van der Waals surface area contributed by atoms with E-state index in [1.54, 1.807) is 10.6 Å². The summed E-state index contributed by atoms with van der Waals surface area (Å²) in [6, 6.07) is 17.6. The first kappa shape index (κ1) is 21.7. The highest BCUT2D eigenvalue weighted by Crippen LogP contribution is 2.47. The predicted octanol–water partition coefficient (Wildman–Crippen LogP) is 4.56. The van der Waals surface area contributed by atoms with Crippen molar-refractivity contribution in [3.8, 4) is 5.75 Å². The summed E-state index contributed by atoms with van der Waals surface area (Å²) in [5, 5.41) is 0.692. The molecule has 34 heavy (non-hydrogen) atoms. The molecule has 0 bridgehead atoms. The third-order valence-electron chi connectivity index (χ3n) is 7.38. The topological polar surface area (TPSA) is 60.5 Å². The zero-order chi connectivity index (χ0) is 23.3. The van der Waals surface area contributed by atoms with Gasteiger partial charge in [-0.1, -0.05) is 41.9 Å². The highest BCUT2D eigenvalue weighted by atomic mass is 35.5. The fraction of sp³-hybridized carbons (Fsp3) is 0.321. The maximum absolute atomic E-state index is 12.8. The fourth-order valence-electron chi connectivity index (χ4n) is 5.37. The number of aryl methyl sites for hydroxylation is 1. The lowest BCUT2D eigenvalue weighted by molar-refractivity contribution is 0.290. The molecule has 1 aromatic heterocycles. The Morgan fingerprint density at radius 3 is 2.65 bits per heavy atom. The van der Waals surface area contributed by atoms with Crippen molar-refractivity contribution in [2.45, 2.75) is 38.0 Å². The number of nitrogens with zero attached hydrogens (tertiary/aromatic N) is 2. The largest absolute Gasteiger partial charge is 0.489 e. The second-order valence-corrected chi connectivity index (χ2v) is 10.4.